The number of thiophene rings is 1. The zero-order chi connectivity index (χ0) is 10.1. The van der Waals surface area contributed by atoms with Crippen molar-refractivity contribution in [1.82, 2.24) is 9.03 Å². The van der Waals surface area contributed by atoms with Gasteiger partial charge in [0.15, 0.2) is 11.2 Å². The lowest BCUT2D eigenvalue weighted by atomic mass is 10.2. The third kappa shape index (κ3) is 2.25. The topological polar surface area (TPSA) is 32.3 Å². The predicted molar refractivity (Wildman–Crippen MR) is 63.3 cm³/mol. The van der Waals surface area contributed by atoms with Crippen molar-refractivity contribution in [2.24, 2.45) is 0 Å². The standard InChI is InChI=1S/C8H11BrN2OS2/c1-11-5-4-6(10-14(11)12)7-2-3-8(9)13-7/h2-3,6,10H,4-5H2,1H3/t6-,14?/m0/s1. The lowest BCUT2D eigenvalue weighted by Gasteiger charge is -2.28. The molecular formula is C8H11BrN2OS2. The maximum atomic E-state index is 11.5. The summed E-state index contributed by atoms with van der Waals surface area (Å²) in [5.41, 5.74) is 0. The molecule has 2 atom stereocenters. The minimum atomic E-state index is -1.03. The number of nitrogens with one attached hydrogen (secondary N) is 1. The molecule has 1 aliphatic heterocycles. The smallest absolute Gasteiger partial charge is 0.170 e. The molecule has 2 rings (SSSR count). The van der Waals surface area contributed by atoms with Crippen molar-refractivity contribution in [2.45, 2.75) is 12.5 Å². The van der Waals surface area contributed by atoms with Crippen molar-refractivity contribution >= 4 is 38.4 Å². The van der Waals surface area contributed by atoms with Crippen molar-refractivity contribution in [3.8, 4) is 0 Å². The van der Waals surface area contributed by atoms with E-state index in [0.29, 0.717) is 0 Å². The SMILES string of the molecule is CN1CC[C@@H](c2ccc(Br)s2)NS1=O. The van der Waals surface area contributed by atoms with E-state index in [1.807, 2.05) is 17.4 Å². The van der Waals surface area contributed by atoms with Gasteiger partial charge in [-0.2, -0.15) is 0 Å². The van der Waals surface area contributed by atoms with Crippen LogP contribution in [0.15, 0.2) is 15.9 Å². The monoisotopic (exact) mass is 294 g/mol. The second-order valence-corrected chi connectivity index (χ2v) is 7.05. The van der Waals surface area contributed by atoms with Gasteiger partial charge >= 0.3 is 0 Å². The third-order valence-electron chi connectivity index (χ3n) is 2.20. The first-order chi connectivity index (χ1) is 6.66. The molecule has 0 aliphatic carbocycles. The lowest BCUT2D eigenvalue weighted by molar-refractivity contribution is 0.421. The van der Waals surface area contributed by atoms with Crippen molar-refractivity contribution in [1.29, 1.82) is 0 Å². The molecule has 6 heteroatoms. The quantitative estimate of drug-likeness (QED) is 0.845. The summed E-state index contributed by atoms with van der Waals surface area (Å²) in [5.74, 6) is 0. The predicted octanol–water partition coefficient (Wildman–Crippen LogP) is 2.06. The van der Waals surface area contributed by atoms with Crippen molar-refractivity contribution < 1.29 is 4.21 Å². The van der Waals surface area contributed by atoms with Crippen molar-refractivity contribution in [3.63, 3.8) is 0 Å². The van der Waals surface area contributed by atoms with E-state index in [-0.39, 0.29) is 6.04 Å². The molecule has 1 aromatic heterocycles. The van der Waals surface area contributed by atoms with Crippen LogP contribution in [0.1, 0.15) is 17.3 Å². The van der Waals surface area contributed by atoms with Crippen molar-refractivity contribution in [2.75, 3.05) is 13.6 Å². The van der Waals surface area contributed by atoms with Crippen LogP contribution in [-0.4, -0.2) is 22.1 Å². The summed E-state index contributed by atoms with van der Waals surface area (Å²) >= 11 is 4.10. The van der Waals surface area contributed by atoms with Crippen LogP contribution in [0.5, 0.6) is 0 Å². The van der Waals surface area contributed by atoms with Gasteiger partial charge in [0, 0.05) is 18.5 Å². The first-order valence-electron chi connectivity index (χ1n) is 4.31. The molecule has 1 saturated heterocycles. The fourth-order valence-electron chi connectivity index (χ4n) is 1.38. The Labute approximate surface area is 98.3 Å². The minimum Gasteiger partial charge on any atom is -0.225 e. The van der Waals surface area contributed by atoms with Gasteiger partial charge in [-0.15, -0.1) is 11.3 Å². The van der Waals surface area contributed by atoms with Crippen LogP contribution in [0.4, 0.5) is 0 Å². The van der Waals surface area contributed by atoms with Gasteiger partial charge in [0.25, 0.3) is 0 Å². The van der Waals surface area contributed by atoms with Crippen LogP contribution in [0.25, 0.3) is 0 Å². The second-order valence-electron chi connectivity index (χ2n) is 3.20. The zero-order valence-electron chi connectivity index (χ0n) is 7.70. The molecule has 0 aromatic carbocycles. The molecule has 0 radical (unpaired) electrons. The first kappa shape index (κ1) is 10.8. The van der Waals surface area contributed by atoms with Crippen LogP contribution >= 0.6 is 27.3 Å². The van der Waals surface area contributed by atoms with Gasteiger partial charge in [-0.1, -0.05) is 0 Å². The Bertz CT molecular complexity index is 355. The molecule has 1 fully saturated rings. The van der Waals surface area contributed by atoms with Gasteiger partial charge in [0.2, 0.25) is 0 Å². The summed E-state index contributed by atoms with van der Waals surface area (Å²) < 4.78 is 17.5. The van der Waals surface area contributed by atoms with Crippen LogP contribution in [0.3, 0.4) is 0 Å². The molecule has 0 saturated carbocycles. The third-order valence-corrected chi connectivity index (χ3v) is 5.17. The van der Waals surface area contributed by atoms with E-state index in [0.717, 1.165) is 16.8 Å². The van der Waals surface area contributed by atoms with E-state index in [4.69, 9.17) is 0 Å². The molecule has 0 bridgehead atoms. The highest BCUT2D eigenvalue weighted by molar-refractivity contribution is 9.11. The van der Waals surface area contributed by atoms with E-state index in [9.17, 15) is 4.21 Å². The highest BCUT2D eigenvalue weighted by Crippen LogP contribution is 2.30. The number of hydrogen-bond donors (Lipinski definition) is 1. The largest absolute Gasteiger partial charge is 0.225 e. The number of hydrogen-bond acceptors (Lipinski definition) is 2. The molecule has 0 amide bonds. The maximum Gasteiger partial charge on any atom is 0.170 e. The van der Waals surface area contributed by atoms with E-state index in [1.165, 1.54) is 4.88 Å². The Kier molecular flexibility index (Phi) is 3.38. The minimum absolute atomic E-state index is 0.239. The Morgan fingerprint density at radius 1 is 1.71 bits per heavy atom. The second kappa shape index (κ2) is 4.40. The van der Waals surface area contributed by atoms with E-state index in [2.05, 4.69) is 26.7 Å². The van der Waals surface area contributed by atoms with E-state index >= 15 is 0 Å². The lowest BCUT2D eigenvalue weighted by Crippen LogP contribution is -2.41. The van der Waals surface area contributed by atoms with Gasteiger partial charge < -0.3 is 0 Å². The molecule has 3 nitrogen and oxygen atoms in total. The highest BCUT2D eigenvalue weighted by Gasteiger charge is 2.23. The maximum absolute atomic E-state index is 11.5. The van der Waals surface area contributed by atoms with Gasteiger partial charge in [-0.25, -0.2) is 13.2 Å². The highest BCUT2D eigenvalue weighted by atomic mass is 79.9. The van der Waals surface area contributed by atoms with Gasteiger partial charge in [0.1, 0.15) is 0 Å². The van der Waals surface area contributed by atoms with Gasteiger partial charge in [-0.3, -0.25) is 0 Å². The van der Waals surface area contributed by atoms with Gasteiger partial charge in [-0.05, 0) is 34.5 Å². The number of nitrogens with zero attached hydrogens (tertiary/aromatic N) is 1. The summed E-state index contributed by atoms with van der Waals surface area (Å²) in [4.78, 5) is 1.25. The van der Waals surface area contributed by atoms with Gasteiger partial charge in [0.05, 0.1) is 9.83 Å². The van der Waals surface area contributed by atoms with E-state index in [1.54, 1.807) is 11.3 Å². The fraction of sp³-hybridized carbons (Fsp3) is 0.500. The number of halogens is 1. The molecule has 78 valence electrons. The fourth-order valence-corrected chi connectivity index (χ4v) is 3.90. The first-order valence-corrected chi connectivity index (χ1v) is 7.03. The molecular weight excluding hydrogens is 284 g/mol. The molecule has 1 aromatic rings. The molecule has 14 heavy (non-hydrogen) atoms. The summed E-state index contributed by atoms with van der Waals surface area (Å²) in [5, 5.41) is 0. The molecule has 1 unspecified atom stereocenters. The zero-order valence-corrected chi connectivity index (χ0v) is 10.9. The molecule has 1 N–H and O–H groups in total. The average Bonchev–Trinajstić information content (AvgIpc) is 2.57. The molecule has 1 aliphatic rings. The Morgan fingerprint density at radius 2 is 2.50 bits per heavy atom. The Hall–Kier alpha value is 0.250. The van der Waals surface area contributed by atoms with Crippen LogP contribution < -0.4 is 4.72 Å². The van der Waals surface area contributed by atoms with Crippen LogP contribution in [-0.2, 0) is 11.2 Å². The number of rotatable bonds is 1. The Balaban J connectivity index is 2.10. The Morgan fingerprint density at radius 3 is 3.07 bits per heavy atom. The summed E-state index contributed by atoms with van der Waals surface area (Å²) in [6.07, 6.45) is 1.01. The van der Waals surface area contributed by atoms with Crippen LogP contribution in [0.2, 0.25) is 0 Å². The summed E-state index contributed by atoms with van der Waals surface area (Å²) in [6, 6.07) is 4.35. The van der Waals surface area contributed by atoms with E-state index < -0.39 is 11.2 Å². The summed E-state index contributed by atoms with van der Waals surface area (Å²) in [7, 11) is 1.86. The summed E-state index contributed by atoms with van der Waals surface area (Å²) in [6.45, 7) is 0.875. The average molecular weight is 295 g/mol. The van der Waals surface area contributed by atoms with Crippen molar-refractivity contribution in [3.05, 3.63) is 20.8 Å². The normalized spacial score (nSPS) is 29.3. The van der Waals surface area contributed by atoms with Crippen LogP contribution in [0, 0.1) is 0 Å². The molecule has 2 heterocycles. The molecule has 0 spiro atoms.